The second-order valence-corrected chi connectivity index (χ2v) is 4.10. The van der Waals surface area contributed by atoms with Gasteiger partial charge in [-0.05, 0) is 29.8 Å². The second kappa shape index (κ2) is 6.22. The van der Waals surface area contributed by atoms with Crippen molar-refractivity contribution in [1.29, 1.82) is 10.5 Å². The SMILES string of the molecule is COc1ccccc1/C=C(/C#N)c1ccc(C#N)cc1. The summed E-state index contributed by atoms with van der Waals surface area (Å²) in [6, 6.07) is 18.7. The highest BCUT2D eigenvalue weighted by molar-refractivity contribution is 5.90. The highest BCUT2D eigenvalue weighted by Crippen LogP contribution is 2.24. The molecule has 0 saturated carbocycles. The van der Waals surface area contributed by atoms with Gasteiger partial charge in [0.05, 0.1) is 30.4 Å². The summed E-state index contributed by atoms with van der Waals surface area (Å²) in [6.07, 6.45) is 1.78. The molecule has 0 aliphatic rings. The average Bonchev–Trinajstić information content (AvgIpc) is 2.53. The Balaban J connectivity index is 2.44. The number of benzene rings is 2. The lowest BCUT2D eigenvalue weighted by molar-refractivity contribution is 0.414. The quantitative estimate of drug-likeness (QED) is 0.625. The van der Waals surface area contributed by atoms with Gasteiger partial charge < -0.3 is 4.74 Å². The molecule has 0 aromatic heterocycles. The van der Waals surface area contributed by atoms with E-state index in [1.807, 2.05) is 24.3 Å². The smallest absolute Gasteiger partial charge is 0.126 e. The molecule has 2 aromatic rings. The number of para-hydroxylation sites is 1. The Labute approximate surface area is 118 Å². The Hall–Kier alpha value is -3.04. The van der Waals surface area contributed by atoms with Gasteiger partial charge in [-0.2, -0.15) is 10.5 Å². The first-order chi connectivity index (χ1) is 9.78. The fraction of sp³-hybridized carbons (Fsp3) is 0.0588. The van der Waals surface area contributed by atoms with E-state index in [9.17, 15) is 5.26 Å². The predicted molar refractivity (Wildman–Crippen MR) is 77.6 cm³/mol. The molecule has 3 heteroatoms. The van der Waals surface area contributed by atoms with Gasteiger partial charge in [0, 0.05) is 5.56 Å². The van der Waals surface area contributed by atoms with Crippen LogP contribution < -0.4 is 4.74 Å². The Morgan fingerprint density at radius 3 is 2.35 bits per heavy atom. The Morgan fingerprint density at radius 2 is 1.75 bits per heavy atom. The minimum atomic E-state index is 0.527. The van der Waals surface area contributed by atoms with E-state index in [0.29, 0.717) is 16.9 Å². The summed E-state index contributed by atoms with van der Waals surface area (Å²) >= 11 is 0. The van der Waals surface area contributed by atoms with Crippen LogP contribution in [0, 0.1) is 22.7 Å². The first-order valence-electron chi connectivity index (χ1n) is 6.04. The third-order valence-electron chi connectivity index (χ3n) is 2.88. The van der Waals surface area contributed by atoms with Crippen molar-refractivity contribution in [1.82, 2.24) is 0 Å². The van der Waals surface area contributed by atoms with Gasteiger partial charge >= 0.3 is 0 Å². The number of hydrogen-bond donors (Lipinski definition) is 0. The van der Waals surface area contributed by atoms with E-state index in [1.54, 1.807) is 37.5 Å². The van der Waals surface area contributed by atoms with Gasteiger partial charge in [0.15, 0.2) is 0 Å². The zero-order valence-corrected chi connectivity index (χ0v) is 11.0. The van der Waals surface area contributed by atoms with E-state index in [1.165, 1.54) is 0 Å². The molecule has 0 aliphatic heterocycles. The van der Waals surface area contributed by atoms with Crippen molar-refractivity contribution >= 4 is 11.6 Å². The largest absolute Gasteiger partial charge is 0.496 e. The molecule has 96 valence electrons. The molecule has 0 spiro atoms. The monoisotopic (exact) mass is 260 g/mol. The molecule has 2 rings (SSSR count). The van der Waals surface area contributed by atoms with Crippen molar-refractivity contribution in [2.24, 2.45) is 0 Å². The van der Waals surface area contributed by atoms with Crippen LogP contribution in [0.4, 0.5) is 0 Å². The van der Waals surface area contributed by atoms with Gasteiger partial charge in [0.25, 0.3) is 0 Å². The van der Waals surface area contributed by atoms with Gasteiger partial charge in [-0.25, -0.2) is 0 Å². The van der Waals surface area contributed by atoms with E-state index >= 15 is 0 Å². The number of hydrogen-bond acceptors (Lipinski definition) is 3. The topological polar surface area (TPSA) is 56.8 Å². The van der Waals surface area contributed by atoms with Crippen LogP contribution in [0.25, 0.3) is 11.6 Å². The van der Waals surface area contributed by atoms with E-state index in [2.05, 4.69) is 12.1 Å². The van der Waals surface area contributed by atoms with Crippen molar-refractivity contribution in [2.75, 3.05) is 7.11 Å². The van der Waals surface area contributed by atoms with Gasteiger partial charge in [-0.15, -0.1) is 0 Å². The number of allylic oxidation sites excluding steroid dienone is 1. The Bertz CT molecular complexity index is 716. The summed E-state index contributed by atoms with van der Waals surface area (Å²) in [5.74, 6) is 0.717. The molecule has 0 bridgehead atoms. The minimum Gasteiger partial charge on any atom is -0.496 e. The maximum atomic E-state index is 9.31. The molecule has 2 aromatic carbocycles. The molecule has 0 saturated heterocycles. The minimum absolute atomic E-state index is 0.527. The Kier molecular flexibility index (Phi) is 4.17. The van der Waals surface area contributed by atoms with Crippen LogP contribution in [0.15, 0.2) is 48.5 Å². The third-order valence-corrected chi connectivity index (χ3v) is 2.88. The van der Waals surface area contributed by atoms with Gasteiger partial charge in [-0.3, -0.25) is 0 Å². The molecule has 0 unspecified atom stereocenters. The summed E-state index contributed by atoms with van der Waals surface area (Å²) in [5, 5.41) is 18.1. The van der Waals surface area contributed by atoms with Crippen LogP contribution in [-0.2, 0) is 0 Å². The first-order valence-corrected chi connectivity index (χ1v) is 6.04. The summed E-state index contributed by atoms with van der Waals surface area (Å²) in [5.41, 5.74) is 2.72. The zero-order chi connectivity index (χ0) is 14.4. The van der Waals surface area contributed by atoms with Gasteiger partial charge in [0.2, 0.25) is 0 Å². The maximum Gasteiger partial charge on any atom is 0.126 e. The van der Waals surface area contributed by atoms with Gasteiger partial charge in [0.1, 0.15) is 5.75 Å². The summed E-state index contributed by atoms with van der Waals surface area (Å²) in [4.78, 5) is 0. The van der Waals surface area contributed by atoms with Crippen molar-refractivity contribution in [2.45, 2.75) is 0 Å². The molecule has 0 atom stereocenters. The normalized spacial score (nSPS) is 10.4. The second-order valence-electron chi connectivity index (χ2n) is 4.10. The first kappa shape index (κ1) is 13.4. The number of rotatable bonds is 3. The molecule has 3 nitrogen and oxygen atoms in total. The van der Waals surface area contributed by atoms with E-state index in [4.69, 9.17) is 10.00 Å². The van der Waals surface area contributed by atoms with E-state index in [0.717, 1.165) is 11.1 Å². The fourth-order valence-electron chi connectivity index (χ4n) is 1.85. The average molecular weight is 260 g/mol. The van der Waals surface area contributed by atoms with Crippen molar-refractivity contribution in [3.8, 4) is 17.9 Å². The summed E-state index contributed by atoms with van der Waals surface area (Å²) in [6.45, 7) is 0. The molecule has 0 N–H and O–H groups in total. The molecule has 0 amide bonds. The molecular weight excluding hydrogens is 248 g/mol. The van der Waals surface area contributed by atoms with Crippen LogP contribution in [0.1, 0.15) is 16.7 Å². The highest BCUT2D eigenvalue weighted by Gasteiger charge is 2.04. The Morgan fingerprint density at radius 1 is 1.05 bits per heavy atom. The lowest BCUT2D eigenvalue weighted by Crippen LogP contribution is -1.88. The van der Waals surface area contributed by atoms with Crippen LogP contribution in [0.3, 0.4) is 0 Å². The molecular formula is C17H12N2O. The molecule has 0 fully saturated rings. The van der Waals surface area contributed by atoms with E-state index in [-0.39, 0.29) is 0 Å². The fourth-order valence-corrected chi connectivity index (χ4v) is 1.85. The molecule has 0 radical (unpaired) electrons. The third kappa shape index (κ3) is 2.85. The predicted octanol–water partition coefficient (Wildman–Crippen LogP) is 3.63. The standard InChI is InChI=1S/C17H12N2O/c1-20-17-5-3-2-4-15(17)10-16(12-19)14-8-6-13(11-18)7-9-14/h2-10H,1H3/b16-10-. The van der Waals surface area contributed by atoms with Crippen LogP contribution in [0.2, 0.25) is 0 Å². The summed E-state index contributed by atoms with van der Waals surface area (Å²) < 4.78 is 5.27. The van der Waals surface area contributed by atoms with Crippen molar-refractivity contribution in [3.05, 3.63) is 65.2 Å². The number of nitriles is 2. The van der Waals surface area contributed by atoms with Crippen molar-refractivity contribution < 1.29 is 4.74 Å². The number of nitrogens with zero attached hydrogens (tertiary/aromatic N) is 2. The maximum absolute atomic E-state index is 9.31. The van der Waals surface area contributed by atoms with Crippen LogP contribution in [-0.4, -0.2) is 7.11 Å². The van der Waals surface area contributed by atoms with Crippen LogP contribution >= 0.6 is 0 Å². The number of methoxy groups -OCH3 is 1. The lowest BCUT2D eigenvalue weighted by Gasteiger charge is -2.05. The zero-order valence-electron chi connectivity index (χ0n) is 11.0. The number of ether oxygens (including phenoxy) is 1. The molecule has 0 heterocycles. The van der Waals surface area contributed by atoms with E-state index < -0.39 is 0 Å². The van der Waals surface area contributed by atoms with Crippen LogP contribution in [0.5, 0.6) is 5.75 Å². The summed E-state index contributed by atoms with van der Waals surface area (Å²) in [7, 11) is 1.60. The molecule has 0 aliphatic carbocycles. The highest BCUT2D eigenvalue weighted by atomic mass is 16.5. The molecule has 20 heavy (non-hydrogen) atoms. The van der Waals surface area contributed by atoms with Crippen molar-refractivity contribution in [3.63, 3.8) is 0 Å². The lowest BCUT2D eigenvalue weighted by atomic mass is 10.0. The van der Waals surface area contributed by atoms with Gasteiger partial charge in [-0.1, -0.05) is 30.3 Å².